The van der Waals surface area contributed by atoms with Crippen molar-refractivity contribution in [3.63, 3.8) is 0 Å². The van der Waals surface area contributed by atoms with E-state index in [9.17, 15) is 9.59 Å². The van der Waals surface area contributed by atoms with Gasteiger partial charge in [0.15, 0.2) is 0 Å². The zero-order chi connectivity index (χ0) is 10.8. The van der Waals surface area contributed by atoms with Crippen LogP contribution in [0.4, 0.5) is 4.79 Å². The minimum atomic E-state index is -0.141. The van der Waals surface area contributed by atoms with E-state index in [-0.39, 0.29) is 24.5 Å². The lowest BCUT2D eigenvalue weighted by Gasteiger charge is -2.20. The summed E-state index contributed by atoms with van der Waals surface area (Å²) in [4.78, 5) is 26.5. The molecule has 0 bridgehead atoms. The minimum absolute atomic E-state index is 0.0353. The van der Waals surface area contributed by atoms with Gasteiger partial charge < -0.3 is 9.64 Å². The van der Waals surface area contributed by atoms with E-state index in [0.717, 1.165) is 12.8 Å². The molecular formula is C10H16N2O3. The van der Waals surface area contributed by atoms with E-state index in [1.807, 2.05) is 6.92 Å². The van der Waals surface area contributed by atoms with Crippen molar-refractivity contribution >= 4 is 11.9 Å². The Balaban J connectivity index is 2.05. The van der Waals surface area contributed by atoms with E-state index in [0.29, 0.717) is 19.8 Å². The van der Waals surface area contributed by atoms with Crippen LogP contribution in [0.1, 0.15) is 19.8 Å². The van der Waals surface area contributed by atoms with E-state index < -0.39 is 0 Å². The third kappa shape index (κ3) is 1.84. The molecule has 2 saturated heterocycles. The van der Waals surface area contributed by atoms with Crippen molar-refractivity contribution in [1.82, 2.24) is 9.80 Å². The average Bonchev–Trinajstić information content (AvgIpc) is 2.77. The van der Waals surface area contributed by atoms with E-state index >= 15 is 0 Å². The van der Waals surface area contributed by atoms with Crippen molar-refractivity contribution < 1.29 is 14.3 Å². The molecule has 3 amide bonds. The first-order valence-electron chi connectivity index (χ1n) is 5.42. The summed E-state index contributed by atoms with van der Waals surface area (Å²) < 4.78 is 5.20. The SMILES string of the molecule is CCCN1CC(=O)N(C2CCOC2)C1=O. The molecule has 0 aromatic heterocycles. The van der Waals surface area contributed by atoms with Gasteiger partial charge >= 0.3 is 6.03 Å². The summed E-state index contributed by atoms with van der Waals surface area (Å²) in [7, 11) is 0. The second-order valence-corrected chi connectivity index (χ2v) is 3.99. The fourth-order valence-electron chi connectivity index (χ4n) is 2.10. The second kappa shape index (κ2) is 4.18. The summed E-state index contributed by atoms with van der Waals surface area (Å²) in [5, 5.41) is 0. The number of amides is 3. The van der Waals surface area contributed by atoms with Gasteiger partial charge in [-0.05, 0) is 12.8 Å². The Kier molecular flexibility index (Phi) is 2.90. The molecule has 2 fully saturated rings. The molecule has 0 N–H and O–H groups in total. The Bertz CT molecular complexity index is 274. The Labute approximate surface area is 89.0 Å². The molecule has 0 spiro atoms. The van der Waals surface area contributed by atoms with Crippen LogP contribution in [0.15, 0.2) is 0 Å². The van der Waals surface area contributed by atoms with Crippen LogP contribution in [-0.4, -0.2) is 54.1 Å². The first kappa shape index (κ1) is 10.4. The Morgan fingerprint density at radius 1 is 1.47 bits per heavy atom. The van der Waals surface area contributed by atoms with Gasteiger partial charge in [-0.1, -0.05) is 6.92 Å². The maximum atomic E-state index is 11.9. The van der Waals surface area contributed by atoms with Crippen LogP contribution in [0, 0.1) is 0 Å². The normalized spacial score (nSPS) is 26.9. The number of ether oxygens (including phenoxy) is 1. The van der Waals surface area contributed by atoms with E-state index in [1.165, 1.54) is 4.90 Å². The van der Waals surface area contributed by atoms with Crippen LogP contribution >= 0.6 is 0 Å². The van der Waals surface area contributed by atoms with E-state index in [4.69, 9.17) is 4.74 Å². The standard InChI is InChI=1S/C10H16N2O3/c1-2-4-11-6-9(13)12(10(11)14)8-3-5-15-7-8/h8H,2-7H2,1H3. The summed E-state index contributed by atoms with van der Waals surface area (Å²) in [6.07, 6.45) is 1.66. The topological polar surface area (TPSA) is 49.9 Å². The van der Waals surface area contributed by atoms with Gasteiger partial charge in [0, 0.05) is 13.2 Å². The van der Waals surface area contributed by atoms with Crippen molar-refractivity contribution in [2.75, 3.05) is 26.3 Å². The van der Waals surface area contributed by atoms with Crippen molar-refractivity contribution in [1.29, 1.82) is 0 Å². The first-order chi connectivity index (χ1) is 7.24. The van der Waals surface area contributed by atoms with Gasteiger partial charge in [0.2, 0.25) is 0 Å². The van der Waals surface area contributed by atoms with E-state index in [2.05, 4.69) is 0 Å². The fraction of sp³-hybridized carbons (Fsp3) is 0.800. The second-order valence-electron chi connectivity index (χ2n) is 3.99. The number of carbonyl (C=O) groups is 2. The van der Waals surface area contributed by atoms with Crippen LogP contribution in [-0.2, 0) is 9.53 Å². The average molecular weight is 212 g/mol. The molecule has 0 saturated carbocycles. The van der Waals surface area contributed by atoms with Gasteiger partial charge in [0.05, 0.1) is 12.6 Å². The van der Waals surface area contributed by atoms with Crippen LogP contribution in [0.5, 0.6) is 0 Å². The van der Waals surface area contributed by atoms with Crippen LogP contribution < -0.4 is 0 Å². The fourth-order valence-corrected chi connectivity index (χ4v) is 2.10. The summed E-state index contributed by atoms with van der Waals surface area (Å²) >= 11 is 0. The summed E-state index contributed by atoms with van der Waals surface area (Å²) in [5.41, 5.74) is 0. The molecule has 0 aromatic carbocycles. The highest BCUT2D eigenvalue weighted by molar-refractivity contribution is 6.02. The monoisotopic (exact) mass is 212 g/mol. The number of carbonyl (C=O) groups excluding carboxylic acids is 2. The number of urea groups is 1. The molecule has 5 nitrogen and oxygen atoms in total. The highest BCUT2D eigenvalue weighted by Crippen LogP contribution is 2.19. The van der Waals surface area contributed by atoms with Crippen molar-refractivity contribution in [3.8, 4) is 0 Å². The molecule has 2 heterocycles. The summed E-state index contributed by atoms with van der Waals surface area (Å²) in [5.74, 6) is -0.0797. The van der Waals surface area contributed by atoms with Gasteiger partial charge in [0.1, 0.15) is 6.54 Å². The van der Waals surface area contributed by atoms with Crippen molar-refractivity contribution in [2.45, 2.75) is 25.8 Å². The highest BCUT2D eigenvalue weighted by Gasteiger charge is 2.41. The van der Waals surface area contributed by atoms with Crippen LogP contribution in [0.3, 0.4) is 0 Å². The molecule has 84 valence electrons. The largest absolute Gasteiger partial charge is 0.379 e. The molecule has 0 aliphatic carbocycles. The third-order valence-corrected chi connectivity index (χ3v) is 2.84. The lowest BCUT2D eigenvalue weighted by atomic mass is 10.2. The minimum Gasteiger partial charge on any atom is -0.379 e. The molecule has 5 heteroatoms. The van der Waals surface area contributed by atoms with Crippen molar-refractivity contribution in [3.05, 3.63) is 0 Å². The van der Waals surface area contributed by atoms with Crippen LogP contribution in [0.2, 0.25) is 0 Å². The maximum absolute atomic E-state index is 11.9. The number of nitrogens with zero attached hydrogens (tertiary/aromatic N) is 2. The molecule has 2 rings (SSSR count). The zero-order valence-electron chi connectivity index (χ0n) is 8.94. The summed E-state index contributed by atoms with van der Waals surface area (Å²) in [6.45, 7) is 4.05. The first-order valence-corrected chi connectivity index (χ1v) is 5.42. The Hall–Kier alpha value is -1.10. The van der Waals surface area contributed by atoms with Crippen LogP contribution in [0.25, 0.3) is 0 Å². The van der Waals surface area contributed by atoms with Gasteiger partial charge in [0.25, 0.3) is 5.91 Å². The van der Waals surface area contributed by atoms with Crippen molar-refractivity contribution in [2.24, 2.45) is 0 Å². The Morgan fingerprint density at radius 3 is 2.87 bits per heavy atom. The third-order valence-electron chi connectivity index (χ3n) is 2.84. The molecule has 2 aliphatic rings. The molecule has 0 radical (unpaired) electrons. The lowest BCUT2D eigenvalue weighted by Crippen LogP contribution is -2.41. The Morgan fingerprint density at radius 2 is 2.27 bits per heavy atom. The molecule has 1 atom stereocenters. The smallest absolute Gasteiger partial charge is 0.327 e. The predicted octanol–water partition coefficient (Wildman–Crippen LogP) is 0.449. The molecule has 15 heavy (non-hydrogen) atoms. The maximum Gasteiger partial charge on any atom is 0.327 e. The number of hydrogen-bond donors (Lipinski definition) is 0. The lowest BCUT2D eigenvalue weighted by molar-refractivity contribution is -0.126. The molecular weight excluding hydrogens is 196 g/mol. The predicted molar refractivity (Wildman–Crippen MR) is 53.3 cm³/mol. The zero-order valence-corrected chi connectivity index (χ0v) is 8.94. The van der Waals surface area contributed by atoms with Gasteiger partial charge in [-0.2, -0.15) is 0 Å². The van der Waals surface area contributed by atoms with E-state index in [1.54, 1.807) is 4.90 Å². The van der Waals surface area contributed by atoms with Gasteiger partial charge in [-0.15, -0.1) is 0 Å². The molecule has 1 unspecified atom stereocenters. The number of hydrogen-bond acceptors (Lipinski definition) is 3. The number of rotatable bonds is 3. The quantitative estimate of drug-likeness (QED) is 0.638. The molecule has 2 aliphatic heterocycles. The highest BCUT2D eigenvalue weighted by atomic mass is 16.5. The van der Waals surface area contributed by atoms with Gasteiger partial charge in [-0.25, -0.2) is 4.79 Å². The van der Waals surface area contributed by atoms with Gasteiger partial charge in [-0.3, -0.25) is 9.69 Å². The number of imide groups is 1. The molecule has 0 aromatic rings. The summed E-state index contributed by atoms with van der Waals surface area (Å²) in [6, 6.07) is -0.177.